The van der Waals surface area contributed by atoms with Crippen LogP contribution in [0.5, 0.6) is 0 Å². The fourth-order valence-electron chi connectivity index (χ4n) is 2.66. The summed E-state index contributed by atoms with van der Waals surface area (Å²) in [5, 5.41) is 3.56. The predicted octanol–water partition coefficient (Wildman–Crippen LogP) is 4.53. The van der Waals surface area contributed by atoms with Crippen molar-refractivity contribution in [1.29, 1.82) is 0 Å². The highest BCUT2D eigenvalue weighted by Gasteiger charge is 2.24. The zero-order chi connectivity index (χ0) is 14.7. The Hall–Kier alpha value is -1.19. The average Bonchev–Trinajstić information content (AvgIpc) is 3.22. The fraction of sp³-hybridized carbons (Fsp3) is 0.444. The summed E-state index contributed by atoms with van der Waals surface area (Å²) < 4.78 is 14.1. The van der Waals surface area contributed by atoms with Crippen LogP contribution < -0.4 is 5.32 Å². The molecule has 1 aromatic heterocycles. The van der Waals surface area contributed by atoms with Gasteiger partial charge in [0.2, 0.25) is 0 Å². The van der Waals surface area contributed by atoms with Gasteiger partial charge in [-0.1, -0.05) is 25.1 Å². The van der Waals surface area contributed by atoms with Crippen LogP contribution in [0.4, 0.5) is 4.39 Å². The molecule has 1 N–H and O–H groups in total. The van der Waals surface area contributed by atoms with Gasteiger partial charge in [-0.15, -0.1) is 11.3 Å². The minimum absolute atomic E-state index is 0.0765. The maximum Gasteiger partial charge on any atom is 0.126 e. The number of nitrogens with one attached hydrogen (secondary N) is 1. The number of rotatable bonds is 7. The van der Waals surface area contributed by atoms with E-state index in [0.717, 1.165) is 24.9 Å². The van der Waals surface area contributed by atoms with E-state index in [0.29, 0.717) is 6.04 Å². The van der Waals surface area contributed by atoms with Crippen LogP contribution in [0.15, 0.2) is 36.4 Å². The maximum atomic E-state index is 14.1. The lowest BCUT2D eigenvalue weighted by molar-refractivity contribution is 0.538. The average molecular weight is 303 g/mol. The molecule has 1 aliphatic carbocycles. The van der Waals surface area contributed by atoms with Crippen LogP contribution in [0.25, 0.3) is 0 Å². The van der Waals surface area contributed by atoms with Crippen LogP contribution in [-0.2, 0) is 12.8 Å². The number of hydrogen-bond donors (Lipinski definition) is 1. The Bertz CT molecular complexity index is 588. The van der Waals surface area contributed by atoms with Gasteiger partial charge in [0, 0.05) is 28.3 Å². The van der Waals surface area contributed by atoms with E-state index in [-0.39, 0.29) is 11.7 Å². The van der Waals surface area contributed by atoms with Crippen molar-refractivity contribution in [2.24, 2.45) is 0 Å². The molecule has 0 radical (unpaired) electrons. The molecule has 21 heavy (non-hydrogen) atoms. The first-order valence-electron chi connectivity index (χ1n) is 7.81. The van der Waals surface area contributed by atoms with E-state index >= 15 is 0 Å². The second kappa shape index (κ2) is 6.71. The van der Waals surface area contributed by atoms with Crippen molar-refractivity contribution in [3.8, 4) is 0 Å². The molecule has 1 fully saturated rings. The van der Waals surface area contributed by atoms with Crippen LogP contribution in [0.2, 0.25) is 0 Å². The van der Waals surface area contributed by atoms with Crippen molar-refractivity contribution in [1.82, 2.24) is 5.32 Å². The Labute approximate surface area is 130 Å². The standard InChI is InChI=1S/C18H22FNS/c1-2-15-9-10-16(21-15)11-13(12-20-14-7-8-14)17-5-3-4-6-18(17)19/h3-6,9-10,13-14,20H,2,7-8,11-12H2,1H3. The molecular formula is C18H22FNS. The van der Waals surface area contributed by atoms with Gasteiger partial charge >= 0.3 is 0 Å². The van der Waals surface area contributed by atoms with E-state index in [2.05, 4.69) is 24.4 Å². The van der Waals surface area contributed by atoms with Crippen LogP contribution in [0.1, 0.15) is 41.0 Å². The van der Waals surface area contributed by atoms with Crippen molar-refractivity contribution in [3.63, 3.8) is 0 Å². The largest absolute Gasteiger partial charge is 0.313 e. The Kier molecular flexibility index (Phi) is 4.71. The van der Waals surface area contributed by atoms with Gasteiger partial charge in [-0.05, 0) is 49.4 Å². The third kappa shape index (κ3) is 3.92. The first kappa shape index (κ1) is 14.7. The van der Waals surface area contributed by atoms with Crippen LogP contribution in [-0.4, -0.2) is 12.6 Å². The maximum absolute atomic E-state index is 14.1. The van der Waals surface area contributed by atoms with Gasteiger partial charge in [-0.3, -0.25) is 0 Å². The second-order valence-corrected chi connectivity index (χ2v) is 7.08. The van der Waals surface area contributed by atoms with Crippen LogP contribution >= 0.6 is 11.3 Å². The number of benzene rings is 1. The van der Waals surface area contributed by atoms with Crippen molar-refractivity contribution in [2.45, 2.75) is 44.6 Å². The van der Waals surface area contributed by atoms with Crippen molar-refractivity contribution < 1.29 is 4.39 Å². The van der Waals surface area contributed by atoms with Gasteiger partial charge in [0.25, 0.3) is 0 Å². The zero-order valence-corrected chi connectivity index (χ0v) is 13.3. The topological polar surface area (TPSA) is 12.0 Å². The second-order valence-electron chi connectivity index (χ2n) is 5.83. The van der Waals surface area contributed by atoms with E-state index in [4.69, 9.17) is 0 Å². The summed E-state index contributed by atoms with van der Waals surface area (Å²) >= 11 is 1.86. The smallest absolute Gasteiger partial charge is 0.126 e. The molecule has 0 aliphatic heterocycles. The lowest BCUT2D eigenvalue weighted by Gasteiger charge is -2.18. The molecule has 1 unspecified atom stereocenters. The van der Waals surface area contributed by atoms with Crippen molar-refractivity contribution in [2.75, 3.05) is 6.54 Å². The van der Waals surface area contributed by atoms with E-state index in [1.165, 1.54) is 22.6 Å². The van der Waals surface area contributed by atoms with E-state index < -0.39 is 0 Å². The van der Waals surface area contributed by atoms with Gasteiger partial charge in [0.1, 0.15) is 5.82 Å². The SMILES string of the molecule is CCc1ccc(CC(CNC2CC2)c2ccccc2F)s1. The molecule has 1 saturated carbocycles. The molecule has 2 aromatic rings. The monoisotopic (exact) mass is 303 g/mol. The Morgan fingerprint density at radius 1 is 1.19 bits per heavy atom. The number of hydrogen-bond acceptors (Lipinski definition) is 2. The molecule has 0 spiro atoms. The van der Waals surface area contributed by atoms with Gasteiger partial charge in [-0.2, -0.15) is 0 Å². The lowest BCUT2D eigenvalue weighted by atomic mass is 9.94. The quantitative estimate of drug-likeness (QED) is 0.792. The van der Waals surface area contributed by atoms with E-state index in [1.54, 1.807) is 12.1 Å². The van der Waals surface area contributed by atoms with Crippen LogP contribution in [0.3, 0.4) is 0 Å². The first-order chi connectivity index (χ1) is 10.3. The van der Waals surface area contributed by atoms with Gasteiger partial charge in [0.15, 0.2) is 0 Å². The van der Waals surface area contributed by atoms with Crippen LogP contribution in [0, 0.1) is 5.82 Å². The van der Waals surface area contributed by atoms with Gasteiger partial charge in [0.05, 0.1) is 0 Å². The molecule has 1 nitrogen and oxygen atoms in total. The number of thiophene rings is 1. The summed E-state index contributed by atoms with van der Waals surface area (Å²) in [5.74, 6) is 0.141. The van der Waals surface area contributed by atoms with E-state index in [9.17, 15) is 4.39 Å². The third-order valence-corrected chi connectivity index (χ3v) is 5.34. The molecule has 112 valence electrons. The molecule has 3 heteroatoms. The Morgan fingerprint density at radius 2 is 1.95 bits per heavy atom. The summed E-state index contributed by atoms with van der Waals surface area (Å²) in [5.41, 5.74) is 0.845. The molecule has 1 atom stereocenters. The van der Waals surface area contributed by atoms with Gasteiger partial charge < -0.3 is 5.32 Å². The molecule has 0 saturated heterocycles. The highest BCUT2D eigenvalue weighted by molar-refractivity contribution is 7.11. The number of aryl methyl sites for hydroxylation is 1. The zero-order valence-electron chi connectivity index (χ0n) is 12.4. The Morgan fingerprint density at radius 3 is 2.62 bits per heavy atom. The Balaban J connectivity index is 1.75. The molecular weight excluding hydrogens is 281 g/mol. The van der Waals surface area contributed by atoms with Gasteiger partial charge in [-0.25, -0.2) is 4.39 Å². The highest BCUT2D eigenvalue weighted by atomic mass is 32.1. The molecule has 0 bridgehead atoms. The summed E-state index contributed by atoms with van der Waals surface area (Å²) in [6, 6.07) is 12.3. The molecule has 1 aromatic carbocycles. The molecule has 1 heterocycles. The molecule has 1 aliphatic rings. The summed E-state index contributed by atoms with van der Waals surface area (Å²) in [6.07, 6.45) is 4.53. The summed E-state index contributed by atoms with van der Waals surface area (Å²) in [6.45, 7) is 3.05. The first-order valence-corrected chi connectivity index (χ1v) is 8.63. The van der Waals surface area contributed by atoms with E-state index in [1.807, 2.05) is 23.5 Å². The van der Waals surface area contributed by atoms with Crippen molar-refractivity contribution >= 4 is 11.3 Å². The lowest BCUT2D eigenvalue weighted by Crippen LogP contribution is -2.25. The molecule has 3 rings (SSSR count). The minimum atomic E-state index is -0.0765. The predicted molar refractivity (Wildman–Crippen MR) is 87.6 cm³/mol. The third-order valence-electron chi connectivity index (χ3n) is 4.09. The fourth-order valence-corrected chi connectivity index (χ4v) is 3.70. The normalized spacial score (nSPS) is 16.1. The summed E-state index contributed by atoms with van der Waals surface area (Å²) in [4.78, 5) is 2.77. The molecule has 0 amide bonds. The highest BCUT2D eigenvalue weighted by Crippen LogP contribution is 2.28. The number of halogens is 1. The minimum Gasteiger partial charge on any atom is -0.313 e. The summed E-state index contributed by atoms with van der Waals surface area (Å²) in [7, 11) is 0. The van der Waals surface area contributed by atoms with Crippen molar-refractivity contribution in [3.05, 3.63) is 57.5 Å².